The summed E-state index contributed by atoms with van der Waals surface area (Å²) in [6, 6.07) is 0. The summed E-state index contributed by atoms with van der Waals surface area (Å²) in [7, 11) is -9.90. The van der Waals surface area contributed by atoms with Crippen molar-refractivity contribution >= 4 is 39.5 Å². The van der Waals surface area contributed by atoms with Crippen LogP contribution in [-0.4, -0.2) is 96.7 Å². The lowest BCUT2D eigenvalue weighted by Gasteiger charge is -2.21. The second-order valence-electron chi connectivity index (χ2n) is 26.0. The fraction of sp³-hybridized carbons (Fsp3) is 0.943. The Morgan fingerprint density at radius 3 is 0.854 bits per heavy atom. The van der Waals surface area contributed by atoms with Gasteiger partial charge in [0.1, 0.15) is 19.3 Å². The lowest BCUT2D eigenvalue weighted by molar-refractivity contribution is -0.161. The van der Waals surface area contributed by atoms with Crippen LogP contribution in [0.3, 0.4) is 0 Å². The molecule has 0 aliphatic heterocycles. The summed E-state index contributed by atoms with van der Waals surface area (Å²) in [5.74, 6) is -0.616. The third kappa shape index (κ3) is 63.2. The summed E-state index contributed by atoms with van der Waals surface area (Å²) in [5.41, 5.74) is 0. The molecule has 0 saturated heterocycles. The molecule has 0 heterocycles. The zero-order valence-corrected chi connectivity index (χ0v) is 59.5. The van der Waals surface area contributed by atoms with Crippen LogP contribution in [0.15, 0.2) is 0 Å². The molecule has 6 atom stereocenters. The van der Waals surface area contributed by atoms with E-state index in [9.17, 15) is 43.2 Å². The number of hydrogen-bond donors (Lipinski definition) is 3. The summed E-state index contributed by atoms with van der Waals surface area (Å²) < 4.78 is 68.2. The first-order valence-corrected chi connectivity index (χ1v) is 39.5. The van der Waals surface area contributed by atoms with Crippen molar-refractivity contribution < 1.29 is 80.2 Å². The summed E-state index contributed by atoms with van der Waals surface area (Å²) in [6.45, 7) is 9.49. The molecule has 0 radical (unpaired) electrons. The Morgan fingerprint density at radius 2 is 0.573 bits per heavy atom. The molecule has 0 amide bonds. The van der Waals surface area contributed by atoms with E-state index in [-0.39, 0.29) is 25.7 Å². The van der Waals surface area contributed by atoms with Gasteiger partial charge < -0.3 is 33.8 Å². The molecule has 0 spiro atoms. The monoisotopic (exact) mass is 1310 g/mol. The highest BCUT2D eigenvalue weighted by atomic mass is 31.2. The minimum absolute atomic E-state index is 0.105. The highest BCUT2D eigenvalue weighted by Crippen LogP contribution is 2.45. The smallest absolute Gasteiger partial charge is 0.462 e. The van der Waals surface area contributed by atoms with E-state index in [4.69, 9.17) is 37.0 Å². The molecule has 3 unspecified atom stereocenters. The van der Waals surface area contributed by atoms with Gasteiger partial charge in [-0.2, -0.15) is 0 Å². The van der Waals surface area contributed by atoms with Crippen molar-refractivity contribution in [1.29, 1.82) is 0 Å². The quantitative estimate of drug-likeness (QED) is 0.0222. The predicted molar refractivity (Wildman–Crippen MR) is 358 cm³/mol. The number of carbonyl (C=O) groups is 4. The molecule has 3 N–H and O–H groups in total. The van der Waals surface area contributed by atoms with Gasteiger partial charge >= 0.3 is 39.5 Å². The lowest BCUT2D eigenvalue weighted by Crippen LogP contribution is -2.30. The number of phosphoric ester groups is 2. The molecule has 0 aromatic rings. The van der Waals surface area contributed by atoms with E-state index in [2.05, 4.69) is 41.5 Å². The third-order valence-electron chi connectivity index (χ3n) is 16.6. The van der Waals surface area contributed by atoms with E-state index in [1.165, 1.54) is 161 Å². The molecule has 17 nitrogen and oxygen atoms in total. The number of aliphatic hydroxyl groups excluding tert-OH is 1. The van der Waals surface area contributed by atoms with Crippen LogP contribution in [-0.2, 0) is 65.4 Å². The zero-order chi connectivity index (χ0) is 65.7. The van der Waals surface area contributed by atoms with E-state index in [0.717, 1.165) is 115 Å². The van der Waals surface area contributed by atoms with Crippen molar-refractivity contribution in [2.75, 3.05) is 39.6 Å². The molecular weight excluding hydrogens is 1170 g/mol. The maximum atomic E-state index is 13.0. The molecule has 0 aromatic heterocycles. The Kier molecular flexibility index (Phi) is 60.8. The van der Waals surface area contributed by atoms with E-state index in [1.807, 2.05) is 0 Å². The number of ether oxygens (including phenoxy) is 4. The highest BCUT2D eigenvalue weighted by Gasteiger charge is 2.30. The number of unbranched alkanes of at least 4 members (excludes halogenated alkanes) is 38. The molecule has 528 valence electrons. The van der Waals surface area contributed by atoms with Crippen molar-refractivity contribution in [1.82, 2.24) is 0 Å². The average Bonchev–Trinajstić information content (AvgIpc) is 3.58. The highest BCUT2D eigenvalue weighted by molar-refractivity contribution is 7.47. The predicted octanol–water partition coefficient (Wildman–Crippen LogP) is 20.0. The normalized spacial score (nSPS) is 14.4. The molecule has 19 heteroatoms. The topological polar surface area (TPSA) is 237 Å². The van der Waals surface area contributed by atoms with Gasteiger partial charge in [0, 0.05) is 25.7 Å². The van der Waals surface area contributed by atoms with Crippen molar-refractivity contribution in [2.24, 2.45) is 11.8 Å². The molecule has 0 aliphatic carbocycles. The van der Waals surface area contributed by atoms with Crippen molar-refractivity contribution in [3.05, 3.63) is 0 Å². The fourth-order valence-electron chi connectivity index (χ4n) is 10.6. The SMILES string of the molecule is CCCCCCCCCCCCCCCCCCCCC(=O)O[C@H](COC(=O)CCCCCCCCCCCC(C)C)COP(=O)(O)OC[C@@H](O)COP(=O)(O)OC[C@@H](COC(=O)CCCCCCCCC)OC(=O)CCCCCCCCCCC(C)CC. The Bertz CT molecular complexity index is 1740. The van der Waals surface area contributed by atoms with Gasteiger partial charge in [-0.05, 0) is 37.5 Å². The Morgan fingerprint density at radius 1 is 0.326 bits per heavy atom. The number of esters is 4. The molecule has 0 saturated carbocycles. The van der Waals surface area contributed by atoms with E-state index in [0.29, 0.717) is 25.7 Å². The number of phosphoric acid groups is 2. The zero-order valence-electron chi connectivity index (χ0n) is 57.7. The van der Waals surface area contributed by atoms with Crippen LogP contribution in [0.1, 0.15) is 356 Å². The van der Waals surface area contributed by atoms with Gasteiger partial charge in [-0.25, -0.2) is 9.13 Å². The first-order chi connectivity index (χ1) is 42.9. The maximum Gasteiger partial charge on any atom is 0.472 e. The van der Waals surface area contributed by atoms with Gasteiger partial charge in [0.05, 0.1) is 26.4 Å². The summed E-state index contributed by atoms with van der Waals surface area (Å²) >= 11 is 0. The molecule has 0 bridgehead atoms. The lowest BCUT2D eigenvalue weighted by atomic mass is 9.99. The Labute approximate surface area is 543 Å². The van der Waals surface area contributed by atoms with E-state index in [1.54, 1.807) is 0 Å². The van der Waals surface area contributed by atoms with Crippen LogP contribution < -0.4 is 0 Å². The van der Waals surface area contributed by atoms with Gasteiger partial charge in [-0.1, -0.05) is 305 Å². The molecular formula is C70H136O17P2. The van der Waals surface area contributed by atoms with Crippen molar-refractivity contribution in [3.8, 4) is 0 Å². The maximum absolute atomic E-state index is 13.0. The molecule has 0 fully saturated rings. The van der Waals surface area contributed by atoms with E-state index < -0.39 is 97.5 Å². The molecule has 89 heavy (non-hydrogen) atoms. The average molecular weight is 1310 g/mol. The van der Waals surface area contributed by atoms with Crippen molar-refractivity contribution in [3.63, 3.8) is 0 Å². The van der Waals surface area contributed by atoms with Gasteiger partial charge in [-0.3, -0.25) is 37.3 Å². The van der Waals surface area contributed by atoms with Gasteiger partial charge in [0.15, 0.2) is 12.2 Å². The summed E-state index contributed by atoms with van der Waals surface area (Å²) in [5, 5.41) is 10.6. The van der Waals surface area contributed by atoms with E-state index >= 15 is 0 Å². The van der Waals surface area contributed by atoms with Crippen LogP contribution in [0.5, 0.6) is 0 Å². The third-order valence-corrected chi connectivity index (χ3v) is 18.5. The Balaban J connectivity index is 5.19. The van der Waals surface area contributed by atoms with Crippen LogP contribution >= 0.6 is 15.6 Å². The van der Waals surface area contributed by atoms with Crippen LogP contribution in [0.25, 0.3) is 0 Å². The molecule has 0 aliphatic rings. The van der Waals surface area contributed by atoms with Crippen LogP contribution in [0.4, 0.5) is 0 Å². The minimum atomic E-state index is -4.95. The van der Waals surface area contributed by atoms with Gasteiger partial charge in [0.25, 0.3) is 0 Å². The minimum Gasteiger partial charge on any atom is -0.462 e. The number of aliphatic hydroxyl groups is 1. The van der Waals surface area contributed by atoms with Crippen LogP contribution in [0, 0.1) is 11.8 Å². The number of rotatable bonds is 69. The van der Waals surface area contributed by atoms with Gasteiger partial charge in [-0.15, -0.1) is 0 Å². The molecule has 0 aromatic carbocycles. The molecule has 0 rings (SSSR count). The second kappa shape index (κ2) is 62.2. The summed E-state index contributed by atoms with van der Waals surface area (Å²) in [4.78, 5) is 72.4. The van der Waals surface area contributed by atoms with Crippen LogP contribution in [0.2, 0.25) is 0 Å². The van der Waals surface area contributed by atoms with Gasteiger partial charge in [0.2, 0.25) is 0 Å². The second-order valence-corrected chi connectivity index (χ2v) is 28.9. The number of carbonyl (C=O) groups excluding carboxylic acids is 4. The largest absolute Gasteiger partial charge is 0.472 e. The fourth-order valence-corrected chi connectivity index (χ4v) is 12.1. The van der Waals surface area contributed by atoms with Crippen molar-refractivity contribution in [2.45, 2.75) is 374 Å². The summed E-state index contributed by atoms with van der Waals surface area (Å²) in [6.07, 6.45) is 47.3. The first kappa shape index (κ1) is 87.1. The standard InChI is InChI=1S/C70H136O17P2/c1-7-10-12-14-16-17-18-19-20-21-22-23-24-25-28-36-42-48-54-69(74)86-66(59-81-68(73)53-47-41-35-29-26-27-33-38-44-50-62(4)5)61-85-89(78,79)83-57-64(71)56-82-88(76,77)84-60-65(58-80-67(72)52-46-40-32-15-13-11-8-2)87-70(75)55-49-43-37-31-30-34-39-45-51-63(6)9-3/h62-66,71H,7-61H2,1-6H3,(H,76,77)(H,78,79)/t63?,64-,65+,66+/m0/s1. The number of hydrogen-bond acceptors (Lipinski definition) is 15. The Hall–Kier alpha value is -1.94. The first-order valence-electron chi connectivity index (χ1n) is 36.5.